The van der Waals surface area contributed by atoms with E-state index in [9.17, 15) is 14.9 Å². The van der Waals surface area contributed by atoms with Crippen molar-refractivity contribution in [2.24, 2.45) is 0 Å². The number of nitro benzene ring substituents is 1. The first-order valence-electron chi connectivity index (χ1n) is 10.3. The summed E-state index contributed by atoms with van der Waals surface area (Å²) in [7, 11) is 0. The van der Waals surface area contributed by atoms with E-state index < -0.39 is 4.92 Å². The second-order valence-electron chi connectivity index (χ2n) is 7.61. The van der Waals surface area contributed by atoms with Gasteiger partial charge in [-0.25, -0.2) is 0 Å². The lowest BCUT2D eigenvalue weighted by Crippen LogP contribution is -2.09. The summed E-state index contributed by atoms with van der Waals surface area (Å²) in [4.78, 5) is 22.9. The number of benzene rings is 2. The molecule has 1 N–H and O–H groups in total. The maximum Gasteiger partial charge on any atom is 0.270 e. The highest BCUT2D eigenvalue weighted by Gasteiger charge is 2.17. The molecule has 2 heterocycles. The number of carbonyl (C=O) groups excluding carboxylic acids is 1. The van der Waals surface area contributed by atoms with Crippen LogP contribution in [0.5, 0.6) is 0 Å². The zero-order valence-electron chi connectivity index (χ0n) is 17.2. The van der Waals surface area contributed by atoms with Gasteiger partial charge in [0.15, 0.2) is 5.82 Å². The minimum atomic E-state index is -0.461. The highest BCUT2D eigenvalue weighted by atomic mass is 16.6. The van der Waals surface area contributed by atoms with E-state index in [0.717, 1.165) is 48.6 Å². The van der Waals surface area contributed by atoms with Crippen LogP contribution in [0.2, 0.25) is 0 Å². The van der Waals surface area contributed by atoms with Crippen molar-refractivity contribution in [2.45, 2.75) is 39.2 Å². The molecule has 0 atom stereocenters. The van der Waals surface area contributed by atoms with Crippen molar-refractivity contribution >= 4 is 23.4 Å². The SMILES string of the molecule is Cc1ccc(-c2nnc3n2CCCCC3)cc1NC(=O)C=Cc1cccc([N+](=O)[O-])c1. The first-order chi connectivity index (χ1) is 15.0. The third-order valence-corrected chi connectivity index (χ3v) is 5.37. The Morgan fingerprint density at radius 2 is 2.03 bits per heavy atom. The molecule has 8 heteroatoms. The molecule has 0 spiro atoms. The van der Waals surface area contributed by atoms with Gasteiger partial charge in [0.1, 0.15) is 5.82 Å². The topological polar surface area (TPSA) is 103 Å². The van der Waals surface area contributed by atoms with Gasteiger partial charge in [0, 0.05) is 42.4 Å². The van der Waals surface area contributed by atoms with Gasteiger partial charge in [-0.1, -0.05) is 30.7 Å². The number of amides is 1. The van der Waals surface area contributed by atoms with E-state index >= 15 is 0 Å². The normalized spacial score (nSPS) is 13.6. The Balaban J connectivity index is 1.53. The Morgan fingerprint density at radius 3 is 2.87 bits per heavy atom. The minimum absolute atomic E-state index is 0.0152. The number of aryl methyl sites for hydroxylation is 2. The van der Waals surface area contributed by atoms with E-state index in [1.165, 1.54) is 24.6 Å². The molecule has 31 heavy (non-hydrogen) atoms. The van der Waals surface area contributed by atoms with Crippen LogP contribution in [0.1, 0.15) is 36.2 Å². The maximum absolute atomic E-state index is 12.5. The number of anilines is 1. The summed E-state index contributed by atoms with van der Waals surface area (Å²) in [6.45, 7) is 2.83. The van der Waals surface area contributed by atoms with Crippen molar-refractivity contribution in [3.05, 3.63) is 75.6 Å². The van der Waals surface area contributed by atoms with Crippen molar-refractivity contribution in [3.8, 4) is 11.4 Å². The second-order valence-corrected chi connectivity index (χ2v) is 7.61. The number of non-ortho nitro benzene ring substituents is 1. The van der Waals surface area contributed by atoms with Crippen molar-refractivity contribution in [3.63, 3.8) is 0 Å². The number of hydrogen-bond donors (Lipinski definition) is 1. The zero-order chi connectivity index (χ0) is 21.8. The van der Waals surface area contributed by atoms with Crippen molar-refractivity contribution in [2.75, 3.05) is 5.32 Å². The van der Waals surface area contributed by atoms with Gasteiger partial charge in [-0.2, -0.15) is 0 Å². The molecule has 1 aromatic heterocycles. The van der Waals surface area contributed by atoms with Crippen LogP contribution in [-0.2, 0) is 17.8 Å². The quantitative estimate of drug-likeness (QED) is 0.373. The molecule has 2 aromatic carbocycles. The van der Waals surface area contributed by atoms with Gasteiger partial charge in [-0.3, -0.25) is 14.9 Å². The lowest BCUT2D eigenvalue weighted by Gasteiger charge is -2.11. The van der Waals surface area contributed by atoms with E-state index in [1.807, 2.05) is 25.1 Å². The Kier molecular flexibility index (Phi) is 5.88. The van der Waals surface area contributed by atoms with Gasteiger partial charge in [-0.05, 0) is 43.0 Å². The molecule has 0 unspecified atom stereocenters. The second kappa shape index (κ2) is 8.91. The fourth-order valence-corrected chi connectivity index (χ4v) is 3.68. The summed E-state index contributed by atoms with van der Waals surface area (Å²) in [6.07, 6.45) is 7.29. The highest BCUT2D eigenvalue weighted by molar-refractivity contribution is 6.02. The number of aromatic nitrogens is 3. The molecule has 0 fully saturated rings. The molecule has 3 aromatic rings. The van der Waals surface area contributed by atoms with Crippen LogP contribution in [0.25, 0.3) is 17.5 Å². The van der Waals surface area contributed by atoms with Crippen LogP contribution in [0.4, 0.5) is 11.4 Å². The molecule has 1 aliphatic heterocycles. The smallest absolute Gasteiger partial charge is 0.270 e. The summed E-state index contributed by atoms with van der Waals surface area (Å²) in [5, 5.41) is 22.5. The molecule has 0 bridgehead atoms. The summed E-state index contributed by atoms with van der Waals surface area (Å²) in [5.41, 5.74) is 3.09. The van der Waals surface area contributed by atoms with Gasteiger partial charge in [-0.15, -0.1) is 10.2 Å². The average molecular weight is 417 g/mol. The molecule has 1 amide bonds. The fraction of sp³-hybridized carbons (Fsp3) is 0.261. The fourth-order valence-electron chi connectivity index (χ4n) is 3.68. The largest absolute Gasteiger partial charge is 0.322 e. The number of hydrogen-bond acceptors (Lipinski definition) is 5. The molecule has 4 rings (SSSR count). The predicted octanol–water partition coefficient (Wildman–Crippen LogP) is 4.54. The molecule has 8 nitrogen and oxygen atoms in total. The molecular formula is C23H23N5O3. The summed E-state index contributed by atoms with van der Waals surface area (Å²) in [5.74, 6) is 1.52. The lowest BCUT2D eigenvalue weighted by atomic mass is 10.1. The van der Waals surface area contributed by atoms with Gasteiger partial charge in [0.2, 0.25) is 5.91 Å². The molecule has 0 saturated heterocycles. The number of nitro groups is 1. The lowest BCUT2D eigenvalue weighted by molar-refractivity contribution is -0.384. The molecule has 158 valence electrons. The first kappa shape index (κ1) is 20.5. The van der Waals surface area contributed by atoms with E-state index in [0.29, 0.717) is 11.3 Å². The van der Waals surface area contributed by atoms with Gasteiger partial charge in [0.25, 0.3) is 5.69 Å². The van der Waals surface area contributed by atoms with E-state index in [1.54, 1.807) is 18.2 Å². The number of nitrogens with zero attached hydrogens (tertiary/aromatic N) is 4. The standard InChI is InChI=1S/C23H23N5O3/c1-16-9-11-18(23-26-25-21-8-3-2-4-13-27(21)23)15-20(16)24-22(29)12-10-17-6-5-7-19(14-17)28(30)31/h5-7,9-12,14-15H,2-4,8,13H2,1H3,(H,24,29). The van der Waals surface area contributed by atoms with Crippen molar-refractivity contribution in [1.29, 1.82) is 0 Å². The van der Waals surface area contributed by atoms with Crippen molar-refractivity contribution in [1.82, 2.24) is 14.8 Å². The monoisotopic (exact) mass is 417 g/mol. The Morgan fingerprint density at radius 1 is 1.16 bits per heavy atom. The molecule has 0 aliphatic carbocycles. The van der Waals surface area contributed by atoms with Crippen LogP contribution in [0.15, 0.2) is 48.5 Å². The van der Waals surface area contributed by atoms with Gasteiger partial charge in [0.05, 0.1) is 4.92 Å². The highest BCUT2D eigenvalue weighted by Crippen LogP contribution is 2.27. The zero-order valence-corrected chi connectivity index (χ0v) is 17.2. The van der Waals surface area contributed by atoms with Crippen LogP contribution in [-0.4, -0.2) is 25.6 Å². The third-order valence-electron chi connectivity index (χ3n) is 5.37. The van der Waals surface area contributed by atoms with Crippen LogP contribution < -0.4 is 5.32 Å². The summed E-state index contributed by atoms with van der Waals surface area (Å²) in [6, 6.07) is 12.0. The third kappa shape index (κ3) is 4.69. The maximum atomic E-state index is 12.5. The number of carbonyl (C=O) groups is 1. The Labute approximate surface area is 179 Å². The number of nitrogens with one attached hydrogen (secondary N) is 1. The number of rotatable bonds is 5. The van der Waals surface area contributed by atoms with E-state index in [-0.39, 0.29) is 11.6 Å². The van der Waals surface area contributed by atoms with Crippen molar-refractivity contribution < 1.29 is 9.72 Å². The van der Waals surface area contributed by atoms with Gasteiger partial charge >= 0.3 is 0 Å². The van der Waals surface area contributed by atoms with E-state index in [4.69, 9.17) is 0 Å². The Hall–Kier alpha value is -3.81. The molecular weight excluding hydrogens is 394 g/mol. The summed E-state index contributed by atoms with van der Waals surface area (Å²) >= 11 is 0. The van der Waals surface area contributed by atoms with E-state index in [2.05, 4.69) is 20.1 Å². The predicted molar refractivity (Wildman–Crippen MR) is 119 cm³/mol. The number of fused-ring (bicyclic) bond motifs is 1. The van der Waals surface area contributed by atoms with Gasteiger partial charge < -0.3 is 9.88 Å². The minimum Gasteiger partial charge on any atom is -0.322 e. The van der Waals surface area contributed by atoms with Crippen LogP contribution in [0, 0.1) is 17.0 Å². The molecule has 0 saturated carbocycles. The molecule has 1 aliphatic rings. The van der Waals surface area contributed by atoms with Crippen LogP contribution >= 0.6 is 0 Å². The average Bonchev–Trinajstić information content (AvgIpc) is 3.02. The summed E-state index contributed by atoms with van der Waals surface area (Å²) < 4.78 is 2.17. The molecule has 0 radical (unpaired) electrons. The first-order valence-corrected chi connectivity index (χ1v) is 10.3. The van der Waals surface area contributed by atoms with Crippen LogP contribution in [0.3, 0.4) is 0 Å². The Bertz CT molecular complexity index is 1170.